The molecular formula is C49H28N4O. The highest BCUT2D eigenvalue weighted by Crippen LogP contribution is 2.50. The molecule has 0 saturated carbocycles. The maximum atomic E-state index is 6.65. The molecule has 5 heteroatoms. The highest BCUT2D eigenvalue weighted by atomic mass is 16.3. The lowest BCUT2D eigenvalue weighted by Gasteiger charge is -2.10. The first-order valence-electron chi connectivity index (χ1n) is 18.2. The van der Waals surface area contributed by atoms with Crippen LogP contribution in [0.4, 0.5) is 0 Å². The molecule has 3 aromatic heterocycles. The monoisotopic (exact) mass is 688 g/mol. The molecule has 0 spiro atoms. The van der Waals surface area contributed by atoms with Crippen LogP contribution in [0.2, 0.25) is 0 Å². The van der Waals surface area contributed by atoms with Gasteiger partial charge < -0.3 is 8.98 Å². The minimum atomic E-state index is 0.608. The zero-order valence-corrected chi connectivity index (χ0v) is 28.9. The van der Waals surface area contributed by atoms with E-state index in [0.717, 1.165) is 71.5 Å². The molecule has 54 heavy (non-hydrogen) atoms. The molecule has 0 aliphatic heterocycles. The van der Waals surface area contributed by atoms with Crippen molar-refractivity contribution >= 4 is 54.5 Å². The van der Waals surface area contributed by atoms with Crippen LogP contribution < -0.4 is 0 Å². The molecule has 0 N–H and O–H groups in total. The van der Waals surface area contributed by atoms with Crippen LogP contribution in [0, 0.1) is 0 Å². The molecule has 1 aliphatic carbocycles. The van der Waals surface area contributed by atoms with E-state index in [1.165, 1.54) is 27.6 Å². The van der Waals surface area contributed by atoms with E-state index in [9.17, 15) is 0 Å². The van der Waals surface area contributed by atoms with E-state index in [-0.39, 0.29) is 0 Å². The number of para-hydroxylation sites is 2. The van der Waals surface area contributed by atoms with Crippen LogP contribution in [0.1, 0.15) is 0 Å². The molecule has 5 nitrogen and oxygen atoms in total. The van der Waals surface area contributed by atoms with Gasteiger partial charge in [-0.15, -0.1) is 0 Å². The van der Waals surface area contributed by atoms with Gasteiger partial charge in [0.05, 0.1) is 11.0 Å². The summed E-state index contributed by atoms with van der Waals surface area (Å²) in [7, 11) is 0. The molecule has 0 radical (unpaired) electrons. The second-order valence-electron chi connectivity index (χ2n) is 13.9. The molecule has 0 fully saturated rings. The van der Waals surface area contributed by atoms with Crippen LogP contribution in [0.5, 0.6) is 0 Å². The summed E-state index contributed by atoms with van der Waals surface area (Å²) >= 11 is 0. The van der Waals surface area contributed by atoms with Crippen LogP contribution in [-0.4, -0.2) is 19.5 Å². The summed E-state index contributed by atoms with van der Waals surface area (Å²) in [6.45, 7) is 0. The summed E-state index contributed by atoms with van der Waals surface area (Å²) in [5.41, 5.74) is 12.9. The maximum absolute atomic E-state index is 6.65. The predicted octanol–water partition coefficient (Wildman–Crippen LogP) is 12.7. The second-order valence-corrected chi connectivity index (χ2v) is 13.9. The molecule has 12 rings (SSSR count). The van der Waals surface area contributed by atoms with Crippen molar-refractivity contribution in [3.8, 4) is 62.1 Å². The third-order valence-electron chi connectivity index (χ3n) is 11.0. The van der Waals surface area contributed by atoms with Gasteiger partial charge in [-0.3, -0.25) is 0 Å². The van der Waals surface area contributed by atoms with E-state index in [4.69, 9.17) is 19.4 Å². The lowest BCUT2D eigenvalue weighted by molar-refractivity contribution is 0.673. The van der Waals surface area contributed by atoms with Gasteiger partial charge in [-0.25, -0.2) is 15.0 Å². The van der Waals surface area contributed by atoms with Gasteiger partial charge in [0, 0.05) is 54.7 Å². The van der Waals surface area contributed by atoms with Crippen LogP contribution in [0.3, 0.4) is 0 Å². The van der Waals surface area contributed by atoms with Crippen LogP contribution in [0.15, 0.2) is 174 Å². The van der Waals surface area contributed by atoms with E-state index in [2.05, 4.69) is 156 Å². The summed E-state index contributed by atoms with van der Waals surface area (Å²) in [4.78, 5) is 15.6. The Bertz CT molecular complexity index is 3320. The van der Waals surface area contributed by atoms with E-state index in [1.54, 1.807) is 0 Å². The molecule has 1 aliphatic rings. The summed E-state index contributed by atoms with van der Waals surface area (Å²) in [6.07, 6.45) is 0. The Kier molecular flexibility index (Phi) is 5.99. The van der Waals surface area contributed by atoms with Gasteiger partial charge in [0.2, 0.25) is 0 Å². The van der Waals surface area contributed by atoms with Crippen molar-refractivity contribution in [2.45, 2.75) is 0 Å². The van der Waals surface area contributed by atoms with Crippen molar-refractivity contribution in [3.63, 3.8) is 0 Å². The first-order valence-corrected chi connectivity index (χ1v) is 18.2. The summed E-state index contributed by atoms with van der Waals surface area (Å²) in [5.74, 6) is 1.86. The number of fused-ring (bicyclic) bond motifs is 10. The lowest BCUT2D eigenvalue weighted by atomic mass is 9.99. The van der Waals surface area contributed by atoms with E-state index in [0.29, 0.717) is 17.5 Å². The van der Waals surface area contributed by atoms with Crippen LogP contribution >= 0.6 is 0 Å². The summed E-state index contributed by atoms with van der Waals surface area (Å²) in [5, 5.41) is 6.75. The number of nitrogens with zero attached hydrogens (tertiary/aromatic N) is 4. The Morgan fingerprint density at radius 1 is 0.370 bits per heavy atom. The average Bonchev–Trinajstić information content (AvgIpc) is 3.90. The molecule has 0 amide bonds. The van der Waals surface area contributed by atoms with Gasteiger partial charge in [-0.1, -0.05) is 121 Å². The number of aromatic nitrogens is 4. The lowest BCUT2D eigenvalue weighted by Crippen LogP contribution is -2.00. The highest BCUT2D eigenvalue weighted by Gasteiger charge is 2.25. The smallest absolute Gasteiger partial charge is 0.164 e. The number of benzene rings is 8. The molecule has 250 valence electrons. The second kappa shape index (κ2) is 11.1. The van der Waals surface area contributed by atoms with Gasteiger partial charge in [0.25, 0.3) is 0 Å². The first-order chi connectivity index (χ1) is 26.8. The van der Waals surface area contributed by atoms with Gasteiger partial charge >= 0.3 is 0 Å². The van der Waals surface area contributed by atoms with E-state index in [1.807, 2.05) is 18.2 Å². The van der Waals surface area contributed by atoms with Gasteiger partial charge in [-0.05, 0) is 70.8 Å². The first kappa shape index (κ1) is 29.2. The Morgan fingerprint density at radius 3 is 1.85 bits per heavy atom. The minimum absolute atomic E-state index is 0.608. The third-order valence-corrected chi connectivity index (χ3v) is 11.0. The summed E-state index contributed by atoms with van der Waals surface area (Å²) in [6, 6.07) is 59.5. The average molecular weight is 689 g/mol. The molecule has 3 heterocycles. The van der Waals surface area contributed by atoms with Crippen molar-refractivity contribution in [2.24, 2.45) is 0 Å². The van der Waals surface area contributed by atoms with Crippen molar-refractivity contribution in [2.75, 3.05) is 0 Å². The number of rotatable bonds is 4. The molecule has 0 unspecified atom stereocenters. The highest BCUT2D eigenvalue weighted by molar-refractivity contribution is 6.26. The quantitative estimate of drug-likeness (QED) is 0.185. The van der Waals surface area contributed by atoms with Crippen LogP contribution in [0.25, 0.3) is 117 Å². The molecule has 0 bridgehead atoms. The van der Waals surface area contributed by atoms with Crippen molar-refractivity contribution in [1.29, 1.82) is 0 Å². The topological polar surface area (TPSA) is 56.7 Å². The maximum Gasteiger partial charge on any atom is 0.164 e. The Labute approximate surface area is 309 Å². The molecule has 0 atom stereocenters. The van der Waals surface area contributed by atoms with Crippen molar-refractivity contribution in [1.82, 2.24) is 19.5 Å². The Balaban J connectivity index is 1.10. The van der Waals surface area contributed by atoms with Gasteiger partial charge in [-0.2, -0.15) is 0 Å². The van der Waals surface area contributed by atoms with Gasteiger partial charge in [0.15, 0.2) is 17.5 Å². The normalized spacial score (nSPS) is 12.1. The Morgan fingerprint density at radius 2 is 1.00 bits per heavy atom. The largest absolute Gasteiger partial charge is 0.455 e. The number of hydrogen-bond donors (Lipinski definition) is 0. The van der Waals surface area contributed by atoms with E-state index >= 15 is 0 Å². The fourth-order valence-electron chi connectivity index (χ4n) is 8.64. The standard InChI is InChI=1S/C49H28N4O/c1-3-13-29(14-4-1)47-50-48(52-49(51-47)37-22-12-24-42-45(37)35-19-9-10-23-41(35)53(42)31-15-5-2-6-16-31)30-25-26-43-38(27-30)40-28-39-33-18-8-7-17-32(33)34-20-11-21-36(44(34)39)46(40)54-43/h1-28H. The third kappa shape index (κ3) is 4.12. The SMILES string of the molecule is c1ccc(-c2nc(-c3ccc4oc5c6cccc7c6c(cc5c4c3)-c3ccccc3-7)nc(-c3cccc4c3c3ccccc3n4-c3ccccc3)n2)cc1. The molecule has 8 aromatic carbocycles. The zero-order valence-electron chi connectivity index (χ0n) is 28.9. The zero-order chi connectivity index (χ0) is 35.3. The number of furan rings is 1. The van der Waals surface area contributed by atoms with Crippen molar-refractivity contribution < 1.29 is 4.42 Å². The Hall–Kier alpha value is -7.37. The minimum Gasteiger partial charge on any atom is -0.455 e. The molecule has 0 saturated heterocycles. The van der Waals surface area contributed by atoms with Gasteiger partial charge in [0.1, 0.15) is 11.2 Å². The van der Waals surface area contributed by atoms with Crippen LogP contribution in [-0.2, 0) is 0 Å². The predicted molar refractivity (Wildman–Crippen MR) is 220 cm³/mol. The number of hydrogen-bond acceptors (Lipinski definition) is 4. The van der Waals surface area contributed by atoms with Crippen molar-refractivity contribution in [3.05, 3.63) is 170 Å². The fraction of sp³-hybridized carbons (Fsp3) is 0. The fourth-order valence-corrected chi connectivity index (χ4v) is 8.64. The molecule has 11 aromatic rings. The van der Waals surface area contributed by atoms with E-state index < -0.39 is 0 Å². The summed E-state index contributed by atoms with van der Waals surface area (Å²) < 4.78 is 8.97. The molecular weight excluding hydrogens is 661 g/mol.